The summed E-state index contributed by atoms with van der Waals surface area (Å²) in [7, 11) is 0. The number of nitrogens with zero attached hydrogens (tertiary/aromatic N) is 4. The van der Waals surface area contributed by atoms with Crippen molar-refractivity contribution in [1.82, 2.24) is 14.9 Å². The maximum Gasteiger partial charge on any atom is 0.433 e. The molecule has 4 nitrogen and oxygen atoms in total. The van der Waals surface area contributed by atoms with Gasteiger partial charge in [0.25, 0.3) is 0 Å². The van der Waals surface area contributed by atoms with Gasteiger partial charge in [-0.2, -0.15) is 17.6 Å². The van der Waals surface area contributed by atoms with Gasteiger partial charge in [-0.1, -0.05) is 12.1 Å². The molecular formula is C16H16F4N4. The second-order valence-corrected chi connectivity index (χ2v) is 5.59. The molecule has 1 saturated heterocycles. The maximum atomic E-state index is 13.2. The zero-order valence-electron chi connectivity index (χ0n) is 12.8. The molecule has 0 unspecified atom stereocenters. The molecule has 0 N–H and O–H groups in total. The van der Waals surface area contributed by atoms with E-state index in [9.17, 15) is 17.6 Å². The number of hydrogen-bond donors (Lipinski definition) is 0. The van der Waals surface area contributed by atoms with Crippen molar-refractivity contribution < 1.29 is 17.6 Å². The highest BCUT2D eigenvalue weighted by molar-refractivity contribution is 5.38. The second-order valence-electron chi connectivity index (χ2n) is 5.59. The maximum absolute atomic E-state index is 13.2. The fraction of sp³-hybridized carbons (Fsp3) is 0.375. The van der Waals surface area contributed by atoms with Crippen molar-refractivity contribution in [3.05, 3.63) is 53.7 Å². The first-order valence-electron chi connectivity index (χ1n) is 7.54. The summed E-state index contributed by atoms with van der Waals surface area (Å²) in [5, 5.41) is 0. The van der Waals surface area contributed by atoms with Gasteiger partial charge in [0.2, 0.25) is 5.95 Å². The molecule has 0 bridgehead atoms. The molecule has 24 heavy (non-hydrogen) atoms. The summed E-state index contributed by atoms with van der Waals surface area (Å²) in [6.07, 6.45) is -3.30. The van der Waals surface area contributed by atoms with Crippen LogP contribution in [0.1, 0.15) is 11.3 Å². The van der Waals surface area contributed by atoms with Gasteiger partial charge in [-0.25, -0.2) is 4.98 Å². The van der Waals surface area contributed by atoms with Crippen LogP contribution in [-0.2, 0) is 12.7 Å². The molecule has 0 aliphatic carbocycles. The van der Waals surface area contributed by atoms with Crippen molar-refractivity contribution in [2.24, 2.45) is 0 Å². The minimum atomic E-state index is -4.45. The first-order chi connectivity index (χ1) is 11.4. The number of aromatic nitrogens is 2. The zero-order chi connectivity index (χ0) is 17.2. The Balaban J connectivity index is 1.64. The molecule has 8 heteroatoms. The Morgan fingerprint density at radius 1 is 1.00 bits per heavy atom. The van der Waals surface area contributed by atoms with Gasteiger partial charge in [0.15, 0.2) is 0 Å². The normalized spacial score (nSPS) is 16.4. The fourth-order valence-electron chi connectivity index (χ4n) is 2.77. The van der Waals surface area contributed by atoms with E-state index < -0.39 is 17.8 Å². The summed E-state index contributed by atoms with van der Waals surface area (Å²) >= 11 is 0. The number of anilines is 1. The summed E-state index contributed by atoms with van der Waals surface area (Å²) in [6.45, 7) is 2.50. The van der Waals surface area contributed by atoms with Gasteiger partial charge >= 0.3 is 6.18 Å². The Morgan fingerprint density at radius 2 is 1.75 bits per heavy atom. The van der Waals surface area contributed by atoms with E-state index in [1.165, 1.54) is 18.2 Å². The van der Waals surface area contributed by atoms with Gasteiger partial charge in [-0.3, -0.25) is 9.88 Å². The molecule has 2 aromatic rings. The number of piperazine rings is 1. The van der Waals surface area contributed by atoms with E-state index in [0.717, 1.165) is 6.20 Å². The van der Waals surface area contributed by atoms with Crippen LogP contribution in [0.3, 0.4) is 0 Å². The first-order valence-corrected chi connectivity index (χ1v) is 7.54. The molecule has 0 amide bonds. The van der Waals surface area contributed by atoms with Crippen LogP contribution in [0.5, 0.6) is 0 Å². The molecule has 3 rings (SSSR count). The SMILES string of the molecule is Fc1cccc(N2CCN(Cc3cccnc3C(F)(F)F)CC2)n1. The summed E-state index contributed by atoms with van der Waals surface area (Å²) < 4.78 is 52.2. The van der Waals surface area contributed by atoms with Crippen LogP contribution in [-0.4, -0.2) is 41.0 Å². The van der Waals surface area contributed by atoms with Crippen molar-refractivity contribution in [3.8, 4) is 0 Å². The van der Waals surface area contributed by atoms with Gasteiger partial charge in [0, 0.05) is 38.9 Å². The van der Waals surface area contributed by atoms with E-state index in [2.05, 4.69) is 9.97 Å². The number of pyridine rings is 2. The molecular weight excluding hydrogens is 324 g/mol. The minimum Gasteiger partial charge on any atom is -0.354 e. The smallest absolute Gasteiger partial charge is 0.354 e. The van der Waals surface area contributed by atoms with E-state index in [-0.39, 0.29) is 12.1 Å². The van der Waals surface area contributed by atoms with Crippen molar-refractivity contribution >= 4 is 5.82 Å². The first kappa shape index (κ1) is 16.6. The third kappa shape index (κ3) is 3.81. The Morgan fingerprint density at radius 3 is 2.42 bits per heavy atom. The monoisotopic (exact) mass is 340 g/mol. The Labute approximate surface area is 136 Å². The molecule has 1 aliphatic heterocycles. The van der Waals surface area contributed by atoms with E-state index in [1.54, 1.807) is 12.1 Å². The van der Waals surface area contributed by atoms with Gasteiger partial charge in [-0.05, 0) is 23.8 Å². The van der Waals surface area contributed by atoms with Crippen LogP contribution in [0.4, 0.5) is 23.4 Å². The second kappa shape index (κ2) is 6.72. The van der Waals surface area contributed by atoms with Crippen LogP contribution in [0, 0.1) is 5.95 Å². The van der Waals surface area contributed by atoms with Crippen molar-refractivity contribution in [2.75, 3.05) is 31.1 Å². The lowest BCUT2D eigenvalue weighted by atomic mass is 10.1. The van der Waals surface area contributed by atoms with Crippen LogP contribution in [0.15, 0.2) is 36.5 Å². The Hall–Kier alpha value is -2.22. The predicted octanol–water partition coefficient (Wildman–Crippen LogP) is 2.96. The molecule has 2 aromatic heterocycles. The van der Waals surface area contributed by atoms with E-state index in [4.69, 9.17) is 0 Å². The van der Waals surface area contributed by atoms with Gasteiger partial charge in [0.05, 0.1) is 0 Å². The molecule has 0 aromatic carbocycles. The molecule has 0 radical (unpaired) electrons. The molecule has 0 atom stereocenters. The number of halogens is 4. The lowest BCUT2D eigenvalue weighted by Crippen LogP contribution is -2.46. The summed E-state index contributed by atoms with van der Waals surface area (Å²) in [4.78, 5) is 11.2. The van der Waals surface area contributed by atoms with E-state index in [0.29, 0.717) is 32.0 Å². The molecule has 1 aliphatic rings. The Bertz CT molecular complexity index is 696. The fourth-order valence-corrected chi connectivity index (χ4v) is 2.77. The predicted molar refractivity (Wildman–Crippen MR) is 80.9 cm³/mol. The standard InChI is InChI=1S/C16H16F4N4/c17-13-4-1-5-14(22-13)24-9-7-23(8-10-24)11-12-3-2-6-21-15(12)16(18,19)20/h1-6H,7-11H2. The third-order valence-electron chi connectivity index (χ3n) is 3.95. The van der Waals surface area contributed by atoms with Gasteiger partial charge in [0.1, 0.15) is 11.5 Å². The molecule has 0 spiro atoms. The number of alkyl halides is 3. The van der Waals surface area contributed by atoms with E-state index >= 15 is 0 Å². The van der Waals surface area contributed by atoms with Crippen LogP contribution >= 0.6 is 0 Å². The molecule has 3 heterocycles. The van der Waals surface area contributed by atoms with Crippen LogP contribution < -0.4 is 4.90 Å². The summed E-state index contributed by atoms with van der Waals surface area (Å²) in [5.41, 5.74) is -0.665. The van der Waals surface area contributed by atoms with Crippen LogP contribution in [0.25, 0.3) is 0 Å². The highest BCUT2D eigenvalue weighted by Crippen LogP contribution is 2.30. The van der Waals surface area contributed by atoms with Crippen LogP contribution in [0.2, 0.25) is 0 Å². The molecule has 1 fully saturated rings. The lowest BCUT2D eigenvalue weighted by Gasteiger charge is -2.35. The molecule has 128 valence electrons. The summed E-state index contributed by atoms with van der Waals surface area (Å²) in [6, 6.07) is 7.56. The topological polar surface area (TPSA) is 32.3 Å². The van der Waals surface area contributed by atoms with Gasteiger partial charge < -0.3 is 4.90 Å². The number of rotatable bonds is 3. The highest BCUT2D eigenvalue weighted by atomic mass is 19.4. The largest absolute Gasteiger partial charge is 0.433 e. The van der Waals surface area contributed by atoms with E-state index in [1.807, 2.05) is 9.80 Å². The minimum absolute atomic E-state index is 0.169. The Kier molecular flexibility index (Phi) is 4.66. The average Bonchev–Trinajstić information content (AvgIpc) is 2.55. The molecule has 0 saturated carbocycles. The quantitative estimate of drug-likeness (QED) is 0.635. The summed E-state index contributed by atoms with van der Waals surface area (Å²) in [5.74, 6) is 0.00659. The van der Waals surface area contributed by atoms with Crippen molar-refractivity contribution in [1.29, 1.82) is 0 Å². The zero-order valence-corrected chi connectivity index (χ0v) is 12.8. The lowest BCUT2D eigenvalue weighted by molar-refractivity contribution is -0.142. The average molecular weight is 340 g/mol. The van der Waals surface area contributed by atoms with Crippen molar-refractivity contribution in [2.45, 2.75) is 12.7 Å². The van der Waals surface area contributed by atoms with Gasteiger partial charge in [-0.15, -0.1) is 0 Å². The number of hydrogen-bond acceptors (Lipinski definition) is 4. The van der Waals surface area contributed by atoms with Crippen molar-refractivity contribution in [3.63, 3.8) is 0 Å². The highest BCUT2D eigenvalue weighted by Gasteiger charge is 2.35. The third-order valence-corrected chi connectivity index (χ3v) is 3.95.